The van der Waals surface area contributed by atoms with E-state index in [1.165, 1.54) is 21.1 Å². The standard InChI is InChI=1S/C19H21N5O2S2/c1-3-22-8-10-23(11-9-22)16-13(12-14-18(26)21(2)19(27)28-14)17(25)24-7-5-4-6-15(24)20-16/h4-7,12H,3,8-11H2,1-2H3/b14-12-. The van der Waals surface area contributed by atoms with Gasteiger partial charge < -0.3 is 9.80 Å². The third kappa shape index (κ3) is 3.34. The lowest BCUT2D eigenvalue weighted by Crippen LogP contribution is -2.47. The van der Waals surface area contributed by atoms with E-state index in [9.17, 15) is 9.59 Å². The van der Waals surface area contributed by atoms with Gasteiger partial charge in [-0.2, -0.15) is 0 Å². The van der Waals surface area contributed by atoms with E-state index in [1.807, 2.05) is 12.1 Å². The Morgan fingerprint density at radius 3 is 2.61 bits per heavy atom. The molecule has 0 unspecified atom stereocenters. The number of fused-ring (bicyclic) bond motifs is 1. The number of amides is 1. The van der Waals surface area contributed by atoms with E-state index in [-0.39, 0.29) is 11.5 Å². The van der Waals surface area contributed by atoms with Gasteiger partial charge in [-0.05, 0) is 24.8 Å². The van der Waals surface area contributed by atoms with Gasteiger partial charge >= 0.3 is 0 Å². The lowest BCUT2D eigenvalue weighted by Gasteiger charge is -2.35. The molecule has 28 heavy (non-hydrogen) atoms. The Morgan fingerprint density at radius 1 is 1.21 bits per heavy atom. The van der Waals surface area contributed by atoms with Crippen LogP contribution >= 0.6 is 24.0 Å². The topological polar surface area (TPSA) is 61.2 Å². The average molecular weight is 416 g/mol. The molecular formula is C19H21N5O2S2. The largest absolute Gasteiger partial charge is 0.353 e. The average Bonchev–Trinajstić information content (AvgIpc) is 2.96. The fraction of sp³-hybridized carbons (Fsp3) is 0.368. The molecule has 0 saturated carbocycles. The van der Waals surface area contributed by atoms with Crippen molar-refractivity contribution in [3.05, 3.63) is 45.2 Å². The van der Waals surface area contributed by atoms with E-state index in [0.717, 1.165) is 32.7 Å². The molecular weight excluding hydrogens is 394 g/mol. The van der Waals surface area contributed by atoms with Crippen LogP contribution in [0.15, 0.2) is 34.1 Å². The number of likely N-dealkylation sites (N-methyl/N-ethyl adjacent to an activating group) is 2. The van der Waals surface area contributed by atoms with Crippen LogP contribution in [0.5, 0.6) is 0 Å². The molecule has 0 bridgehead atoms. The molecule has 9 heteroatoms. The molecule has 0 radical (unpaired) electrons. The van der Waals surface area contributed by atoms with Crippen LogP contribution in [0, 0.1) is 0 Å². The van der Waals surface area contributed by atoms with Crippen molar-refractivity contribution >= 4 is 51.7 Å². The minimum absolute atomic E-state index is 0.181. The van der Waals surface area contributed by atoms with Crippen molar-refractivity contribution in [2.45, 2.75) is 6.92 Å². The van der Waals surface area contributed by atoms with E-state index >= 15 is 0 Å². The van der Waals surface area contributed by atoms with Gasteiger partial charge in [-0.25, -0.2) is 4.98 Å². The van der Waals surface area contributed by atoms with Crippen molar-refractivity contribution in [1.29, 1.82) is 0 Å². The molecule has 2 fully saturated rings. The zero-order chi connectivity index (χ0) is 19.8. The molecule has 1 amide bonds. The SMILES string of the molecule is CCN1CCN(c2nc3ccccn3c(=O)c2/C=C2\SC(=S)N(C)C2=O)CC1. The smallest absolute Gasteiger partial charge is 0.267 e. The summed E-state index contributed by atoms with van der Waals surface area (Å²) in [6.45, 7) is 6.57. The number of thiocarbonyl (C=S) groups is 1. The van der Waals surface area contributed by atoms with E-state index in [1.54, 1.807) is 25.4 Å². The predicted molar refractivity (Wildman–Crippen MR) is 117 cm³/mol. The van der Waals surface area contributed by atoms with Gasteiger partial charge in [0.2, 0.25) is 0 Å². The maximum atomic E-state index is 13.2. The Hall–Kier alpha value is -2.23. The molecule has 2 aromatic heterocycles. The highest BCUT2D eigenvalue weighted by atomic mass is 32.2. The van der Waals surface area contributed by atoms with Crippen LogP contribution in [0.3, 0.4) is 0 Å². The minimum Gasteiger partial charge on any atom is -0.353 e. The van der Waals surface area contributed by atoms with E-state index < -0.39 is 0 Å². The van der Waals surface area contributed by atoms with E-state index in [0.29, 0.717) is 26.3 Å². The summed E-state index contributed by atoms with van der Waals surface area (Å²) < 4.78 is 2.01. The highest BCUT2D eigenvalue weighted by Gasteiger charge is 2.30. The number of piperazine rings is 1. The third-order valence-corrected chi connectivity index (χ3v) is 6.61. The van der Waals surface area contributed by atoms with Gasteiger partial charge in [-0.3, -0.25) is 18.9 Å². The molecule has 2 aliphatic heterocycles. The zero-order valence-corrected chi connectivity index (χ0v) is 17.4. The van der Waals surface area contributed by atoms with Gasteiger partial charge in [0.1, 0.15) is 15.8 Å². The molecule has 2 aliphatic rings. The van der Waals surface area contributed by atoms with Crippen molar-refractivity contribution in [2.24, 2.45) is 0 Å². The summed E-state index contributed by atoms with van der Waals surface area (Å²) in [5.74, 6) is 0.447. The van der Waals surface area contributed by atoms with Crippen LogP contribution in [0.2, 0.25) is 0 Å². The Morgan fingerprint density at radius 2 is 1.96 bits per heavy atom. The van der Waals surface area contributed by atoms with Crippen molar-refractivity contribution < 1.29 is 4.79 Å². The van der Waals surface area contributed by atoms with Gasteiger partial charge in [-0.1, -0.05) is 37.0 Å². The summed E-state index contributed by atoms with van der Waals surface area (Å²) in [4.78, 5) is 36.9. The fourth-order valence-corrected chi connectivity index (χ4v) is 4.57. The Kier molecular flexibility index (Phi) is 5.22. The molecule has 0 N–H and O–H groups in total. The number of pyridine rings is 1. The quantitative estimate of drug-likeness (QED) is 0.558. The lowest BCUT2D eigenvalue weighted by molar-refractivity contribution is -0.121. The first-order valence-corrected chi connectivity index (χ1v) is 10.4. The van der Waals surface area contributed by atoms with Crippen LogP contribution < -0.4 is 10.5 Å². The summed E-state index contributed by atoms with van der Waals surface area (Å²) in [5, 5.41) is 0. The fourth-order valence-electron chi connectivity index (χ4n) is 3.41. The maximum Gasteiger partial charge on any atom is 0.267 e. The van der Waals surface area contributed by atoms with Crippen LogP contribution in [-0.2, 0) is 4.79 Å². The van der Waals surface area contributed by atoms with E-state index in [2.05, 4.69) is 16.7 Å². The number of hydrogen-bond acceptors (Lipinski definition) is 7. The van der Waals surface area contributed by atoms with Crippen LogP contribution in [-0.4, -0.2) is 69.2 Å². The maximum absolute atomic E-state index is 13.2. The number of nitrogens with zero attached hydrogens (tertiary/aromatic N) is 5. The second kappa shape index (κ2) is 7.65. The molecule has 0 spiro atoms. The van der Waals surface area contributed by atoms with E-state index in [4.69, 9.17) is 17.2 Å². The first kappa shape index (κ1) is 19.1. The van der Waals surface area contributed by atoms with Crippen molar-refractivity contribution in [1.82, 2.24) is 19.2 Å². The molecule has 7 nitrogen and oxygen atoms in total. The van der Waals surface area contributed by atoms with Gasteiger partial charge in [0, 0.05) is 39.4 Å². The van der Waals surface area contributed by atoms with Crippen LogP contribution in [0.25, 0.3) is 11.7 Å². The highest BCUT2D eigenvalue weighted by Crippen LogP contribution is 2.32. The molecule has 0 aromatic carbocycles. The molecule has 0 aliphatic carbocycles. The van der Waals surface area contributed by atoms with Crippen LogP contribution in [0.1, 0.15) is 12.5 Å². The number of hydrogen-bond donors (Lipinski definition) is 0. The first-order valence-electron chi connectivity index (χ1n) is 9.20. The van der Waals surface area contributed by atoms with Crippen LogP contribution in [0.4, 0.5) is 5.82 Å². The number of carbonyl (C=O) groups is 1. The normalized spacial score (nSPS) is 20.0. The van der Waals surface area contributed by atoms with Gasteiger partial charge in [-0.15, -0.1) is 0 Å². The first-order chi connectivity index (χ1) is 13.5. The summed E-state index contributed by atoms with van der Waals surface area (Å²) in [7, 11) is 1.65. The van der Waals surface area contributed by atoms with Gasteiger partial charge in [0.25, 0.3) is 11.5 Å². The lowest BCUT2D eigenvalue weighted by atomic mass is 10.2. The zero-order valence-electron chi connectivity index (χ0n) is 15.8. The monoisotopic (exact) mass is 415 g/mol. The Balaban J connectivity index is 1.84. The highest BCUT2D eigenvalue weighted by molar-refractivity contribution is 8.26. The van der Waals surface area contributed by atoms with Crippen molar-refractivity contribution in [2.75, 3.05) is 44.7 Å². The summed E-state index contributed by atoms with van der Waals surface area (Å²) in [6, 6.07) is 5.48. The van der Waals surface area contributed by atoms with Crippen molar-refractivity contribution in [3.8, 4) is 0 Å². The number of aromatic nitrogens is 2. The molecule has 2 saturated heterocycles. The Labute approximate surface area is 172 Å². The summed E-state index contributed by atoms with van der Waals surface area (Å²) in [5.41, 5.74) is 0.850. The van der Waals surface area contributed by atoms with Gasteiger partial charge in [0.05, 0.1) is 10.5 Å². The minimum atomic E-state index is -0.186. The third-order valence-electron chi connectivity index (χ3n) is 5.13. The summed E-state index contributed by atoms with van der Waals surface area (Å²) in [6.07, 6.45) is 3.35. The molecule has 0 atom stereocenters. The molecule has 146 valence electrons. The molecule has 2 aromatic rings. The van der Waals surface area contributed by atoms with Gasteiger partial charge in [0.15, 0.2) is 0 Å². The molecule has 4 rings (SSSR count). The second-order valence-corrected chi connectivity index (χ2v) is 8.42. The number of thioether (sulfide) groups is 1. The molecule has 4 heterocycles. The predicted octanol–water partition coefficient (Wildman–Crippen LogP) is 1.67. The summed E-state index contributed by atoms with van der Waals surface area (Å²) >= 11 is 6.43. The number of rotatable bonds is 3. The number of anilines is 1. The second-order valence-electron chi connectivity index (χ2n) is 6.75. The Bertz CT molecular complexity index is 1040. The van der Waals surface area contributed by atoms with Crippen molar-refractivity contribution in [3.63, 3.8) is 0 Å². The number of carbonyl (C=O) groups excluding carboxylic acids is 1.